The zero-order valence-electron chi connectivity index (χ0n) is 16.3. The molecule has 3 aromatic rings. The van der Waals surface area contributed by atoms with Gasteiger partial charge < -0.3 is 20.5 Å². The third-order valence-electron chi connectivity index (χ3n) is 5.21. The third-order valence-corrected chi connectivity index (χ3v) is 5.21. The van der Waals surface area contributed by atoms with Crippen LogP contribution in [0.5, 0.6) is 0 Å². The third kappa shape index (κ3) is 3.63. The molecular weight excluding hydrogens is 405 g/mol. The minimum Gasteiger partial charge on any atom is -0.364 e. The second-order valence-electron chi connectivity index (χ2n) is 7.05. The summed E-state index contributed by atoms with van der Waals surface area (Å²) >= 11 is 0. The van der Waals surface area contributed by atoms with Crippen LogP contribution in [-0.4, -0.2) is 69.5 Å². The number of primary amides is 1. The lowest BCUT2D eigenvalue weighted by Gasteiger charge is -2.34. The molecule has 1 aliphatic rings. The van der Waals surface area contributed by atoms with E-state index in [1.54, 1.807) is 29.2 Å². The predicted molar refractivity (Wildman–Crippen MR) is 108 cm³/mol. The topological polar surface area (TPSA) is 129 Å². The standard InChI is InChI=1S/C21H18FN5O4/c22-14-11-25-17(19(23)29)16-15(14)13(10-24-16)18(28)21(31)27-8-6-26(7-9-27)20(30)12-4-2-1-3-5-12/h1-5,10-11,24H,6-9H2,(H2,23,29). The number of aromatic nitrogens is 2. The van der Waals surface area contributed by atoms with Gasteiger partial charge in [-0.1, -0.05) is 18.2 Å². The summed E-state index contributed by atoms with van der Waals surface area (Å²) < 4.78 is 14.3. The highest BCUT2D eigenvalue weighted by Crippen LogP contribution is 2.24. The first-order chi connectivity index (χ1) is 14.9. The van der Waals surface area contributed by atoms with Crippen LogP contribution in [0.2, 0.25) is 0 Å². The van der Waals surface area contributed by atoms with E-state index in [4.69, 9.17) is 5.73 Å². The van der Waals surface area contributed by atoms with Gasteiger partial charge >= 0.3 is 0 Å². The number of nitrogens with one attached hydrogen (secondary N) is 1. The Balaban J connectivity index is 1.50. The Morgan fingerprint density at radius 1 is 1.00 bits per heavy atom. The number of Topliss-reactive ketones (excluding diaryl/α,β-unsaturated/α-hetero) is 1. The lowest BCUT2D eigenvalue weighted by atomic mass is 10.1. The Hall–Kier alpha value is -4.08. The summed E-state index contributed by atoms with van der Waals surface area (Å²) in [6.07, 6.45) is 1.95. The minimum atomic E-state index is -0.922. The van der Waals surface area contributed by atoms with Crippen molar-refractivity contribution in [3.8, 4) is 0 Å². The number of fused-ring (bicyclic) bond motifs is 1. The number of nitrogens with zero attached hydrogens (tertiary/aromatic N) is 3. The number of pyridine rings is 1. The maximum Gasteiger partial charge on any atom is 0.295 e. The maximum atomic E-state index is 14.3. The molecule has 158 valence electrons. The summed E-state index contributed by atoms with van der Waals surface area (Å²) in [5.74, 6) is -3.63. The number of hydrogen-bond acceptors (Lipinski definition) is 5. The van der Waals surface area contributed by atoms with E-state index in [9.17, 15) is 23.6 Å². The summed E-state index contributed by atoms with van der Waals surface area (Å²) in [6, 6.07) is 8.78. The zero-order valence-corrected chi connectivity index (χ0v) is 16.3. The number of ketones is 1. The Bertz CT molecular complexity index is 1200. The Labute approximate surface area is 175 Å². The van der Waals surface area contributed by atoms with Crippen molar-refractivity contribution >= 4 is 34.4 Å². The van der Waals surface area contributed by atoms with Crippen LogP contribution >= 0.6 is 0 Å². The molecule has 9 nitrogen and oxygen atoms in total. The van der Waals surface area contributed by atoms with Crippen molar-refractivity contribution in [1.29, 1.82) is 0 Å². The zero-order chi connectivity index (χ0) is 22.1. The molecule has 1 saturated heterocycles. The first-order valence-electron chi connectivity index (χ1n) is 9.51. The number of benzene rings is 1. The number of piperazine rings is 1. The van der Waals surface area contributed by atoms with Crippen LogP contribution in [0.15, 0.2) is 42.7 Å². The van der Waals surface area contributed by atoms with E-state index < -0.39 is 23.4 Å². The molecule has 4 rings (SSSR count). The molecular formula is C21H18FN5O4. The molecule has 0 saturated carbocycles. The van der Waals surface area contributed by atoms with E-state index in [1.165, 1.54) is 4.90 Å². The van der Waals surface area contributed by atoms with Crippen LogP contribution in [0.3, 0.4) is 0 Å². The van der Waals surface area contributed by atoms with E-state index in [0.717, 1.165) is 12.4 Å². The molecule has 0 bridgehead atoms. The van der Waals surface area contributed by atoms with Gasteiger partial charge in [-0.3, -0.25) is 19.2 Å². The number of halogens is 1. The summed E-state index contributed by atoms with van der Waals surface area (Å²) in [5.41, 5.74) is 5.31. The molecule has 0 aliphatic carbocycles. The van der Waals surface area contributed by atoms with Crippen LogP contribution in [0.4, 0.5) is 4.39 Å². The highest BCUT2D eigenvalue weighted by atomic mass is 19.1. The molecule has 10 heteroatoms. The van der Waals surface area contributed by atoms with Crippen LogP contribution in [0, 0.1) is 5.82 Å². The molecule has 3 heterocycles. The molecule has 31 heavy (non-hydrogen) atoms. The fourth-order valence-electron chi connectivity index (χ4n) is 3.61. The van der Waals surface area contributed by atoms with E-state index in [2.05, 4.69) is 9.97 Å². The molecule has 0 spiro atoms. The Morgan fingerprint density at radius 3 is 2.29 bits per heavy atom. The fraction of sp³-hybridized carbons (Fsp3) is 0.190. The van der Waals surface area contributed by atoms with Crippen LogP contribution in [0.25, 0.3) is 10.9 Å². The second kappa shape index (κ2) is 7.98. The number of nitrogens with two attached hydrogens (primary N) is 1. The average molecular weight is 423 g/mol. The molecule has 0 radical (unpaired) electrons. The van der Waals surface area contributed by atoms with E-state index in [-0.39, 0.29) is 54.2 Å². The van der Waals surface area contributed by atoms with Crippen molar-refractivity contribution in [2.24, 2.45) is 5.73 Å². The van der Waals surface area contributed by atoms with Gasteiger partial charge in [-0.05, 0) is 12.1 Å². The van der Waals surface area contributed by atoms with E-state index >= 15 is 0 Å². The lowest BCUT2D eigenvalue weighted by Crippen LogP contribution is -2.52. The Morgan fingerprint density at radius 2 is 1.65 bits per heavy atom. The van der Waals surface area contributed by atoms with E-state index in [0.29, 0.717) is 5.56 Å². The van der Waals surface area contributed by atoms with Gasteiger partial charge in [0.2, 0.25) is 0 Å². The predicted octanol–water partition coefficient (Wildman–Crippen LogP) is 0.968. The molecule has 2 aromatic heterocycles. The van der Waals surface area contributed by atoms with Gasteiger partial charge in [0.1, 0.15) is 0 Å². The number of hydrogen-bond donors (Lipinski definition) is 2. The van der Waals surface area contributed by atoms with Gasteiger partial charge in [0, 0.05) is 37.9 Å². The molecule has 0 atom stereocenters. The van der Waals surface area contributed by atoms with Gasteiger partial charge in [-0.15, -0.1) is 0 Å². The second-order valence-corrected chi connectivity index (χ2v) is 7.05. The van der Waals surface area contributed by atoms with Crippen molar-refractivity contribution in [2.45, 2.75) is 0 Å². The molecule has 3 amide bonds. The molecule has 0 unspecified atom stereocenters. The highest BCUT2D eigenvalue weighted by Gasteiger charge is 2.31. The number of rotatable bonds is 4. The summed E-state index contributed by atoms with van der Waals surface area (Å²) in [4.78, 5) is 58.8. The molecule has 1 fully saturated rings. The van der Waals surface area contributed by atoms with E-state index in [1.807, 2.05) is 6.07 Å². The minimum absolute atomic E-state index is 0.0399. The molecule has 1 aromatic carbocycles. The number of carbonyl (C=O) groups excluding carboxylic acids is 4. The van der Waals surface area contributed by atoms with Gasteiger partial charge in [0.25, 0.3) is 23.5 Å². The fourth-order valence-corrected chi connectivity index (χ4v) is 3.61. The SMILES string of the molecule is NC(=O)c1ncc(F)c2c(C(=O)C(=O)N3CCN(C(=O)c4ccccc4)CC3)c[nH]c12. The average Bonchev–Trinajstić information content (AvgIpc) is 3.24. The number of H-pyrrole nitrogens is 1. The number of amides is 3. The summed E-state index contributed by atoms with van der Waals surface area (Å²) in [6.45, 7) is 0.875. The first kappa shape index (κ1) is 20.2. The largest absolute Gasteiger partial charge is 0.364 e. The van der Waals surface area contributed by atoms with Gasteiger partial charge in [0.15, 0.2) is 11.5 Å². The highest BCUT2D eigenvalue weighted by molar-refractivity contribution is 6.45. The van der Waals surface area contributed by atoms with Crippen LogP contribution in [0.1, 0.15) is 31.2 Å². The molecule has 3 N–H and O–H groups in total. The maximum absolute atomic E-state index is 14.3. The van der Waals surface area contributed by atoms with Gasteiger partial charge in [-0.25, -0.2) is 9.37 Å². The summed E-state index contributed by atoms with van der Waals surface area (Å²) in [7, 11) is 0. The molecule has 1 aliphatic heterocycles. The quantitative estimate of drug-likeness (QED) is 0.477. The normalized spacial score (nSPS) is 14.0. The van der Waals surface area contributed by atoms with Crippen molar-refractivity contribution in [3.63, 3.8) is 0 Å². The lowest BCUT2D eigenvalue weighted by molar-refractivity contribution is -0.127. The van der Waals surface area contributed by atoms with Crippen molar-refractivity contribution < 1.29 is 23.6 Å². The summed E-state index contributed by atoms with van der Waals surface area (Å²) in [5, 5.41) is -0.208. The Kier molecular flexibility index (Phi) is 5.20. The van der Waals surface area contributed by atoms with Crippen molar-refractivity contribution in [2.75, 3.05) is 26.2 Å². The van der Waals surface area contributed by atoms with Crippen LogP contribution < -0.4 is 5.73 Å². The first-order valence-corrected chi connectivity index (χ1v) is 9.51. The number of carbonyl (C=O) groups is 4. The van der Waals surface area contributed by atoms with Crippen LogP contribution in [-0.2, 0) is 4.79 Å². The van der Waals surface area contributed by atoms with Gasteiger partial charge in [0.05, 0.1) is 22.7 Å². The monoisotopic (exact) mass is 423 g/mol. The van der Waals surface area contributed by atoms with Crippen molar-refractivity contribution in [1.82, 2.24) is 19.8 Å². The number of aromatic amines is 1. The van der Waals surface area contributed by atoms with Gasteiger partial charge in [-0.2, -0.15) is 0 Å². The van der Waals surface area contributed by atoms with Crippen molar-refractivity contribution in [3.05, 3.63) is 65.4 Å². The smallest absolute Gasteiger partial charge is 0.295 e.